The first-order valence-electron chi connectivity index (χ1n) is 5.19. The number of aryl methyl sites for hydroxylation is 2. The van der Waals surface area contributed by atoms with Crippen LogP contribution in [0.1, 0.15) is 11.3 Å². The van der Waals surface area contributed by atoms with E-state index in [4.69, 9.17) is 17.3 Å². The van der Waals surface area contributed by atoms with Crippen molar-refractivity contribution >= 4 is 29.1 Å². The fourth-order valence-electron chi connectivity index (χ4n) is 1.47. The molecular formula is C12H13ClN4. The maximum atomic E-state index is 6.05. The second kappa shape index (κ2) is 4.59. The molecule has 0 spiro atoms. The number of aromatic nitrogens is 2. The van der Waals surface area contributed by atoms with Crippen molar-refractivity contribution in [1.29, 1.82) is 0 Å². The van der Waals surface area contributed by atoms with Crippen LogP contribution in [-0.4, -0.2) is 9.97 Å². The highest BCUT2D eigenvalue weighted by atomic mass is 35.5. The van der Waals surface area contributed by atoms with Gasteiger partial charge in [-0.3, -0.25) is 0 Å². The Morgan fingerprint density at radius 1 is 1.18 bits per heavy atom. The van der Waals surface area contributed by atoms with Crippen molar-refractivity contribution < 1.29 is 0 Å². The molecule has 0 aliphatic carbocycles. The second-order valence-electron chi connectivity index (χ2n) is 3.84. The van der Waals surface area contributed by atoms with Crippen LogP contribution in [0, 0.1) is 13.8 Å². The first-order chi connectivity index (χ1) is 8.04. The highest BCUT2D eigenvalue weighted by molar-refractivity contribution is 6.31. The van der Waals surface area contributed by atoms with Crippen LogP contribution < -0.4 is 11.1 Å². The zero-order chi connectivity index (χ0) is 12.4. The van der Waals surface area contributed by atoms with Crippen molar-refractivity contribution in [3.8, 4) is 0 Å². The second-order valence-corrected chi connectivity index (χ2v) is 4.25. The number of benzene rings is 1. The van der Waals surface area contributed by atoms with Crippen LogP contribution in [-0.2, 0) is 0 Å². The van der Waals surface area contributed by atoms with E-state index >= 15 is 0 Å². The summed E-state index contributed by atoms with van der Waals surface area (Å²) in [5, 5.41) is 3.85. The molecule has 4 nitrogen and oxygen atoms in total. The maximum Gasteiger partial charge on any atom is 0.222 e. The van der Waals surface area contributed by atoms with Crippen LogP contribution in [0.5, 0.6) is 0 Å². The Morgan fingerprint density at radius 3 is 2.59 bits per heavy atom. The molecule has 17 heavy (non-hydrogen) atoms. The Labute approximate surface area is 105 Å². The SMILES string of the molecule is Cc1cc(Nc2ccc(C)c(Cl)c2)nc(N)n1. The monoisotopic (exact) mass is 248 g/mol. The molecule has 0 aliphatic heterocycles. The lowest BCUT2D eigenvalue weighted by molar-refractivity contribution is 1.12. The molecule has 0 amide bonds. The lowest BCUT2D eigenvalue weighted by Gasteiger charge is -2.08. The van der Waals surface area contributed by atoms with Crippen LogP contribution in [0.25, 0.3) is 0 Å². The van der Waals surface area contributed by atoms with Crippen molar-refractivity contribution in [2.75, 3.05) is 11.1 Å². The van der Waals surface area contributed by atoms with Crippen LogP contribution in [0.4, 0.5) is 17.5 Å². The van der Waals surface area contributed by atoms with E-state index in [1.54, 1.807) is 0 Å². The molecule has 2 rings (SSSR count). The fraction of sp³-hybridized carbons (Fsp3) is 0.167. The molecule has 1 aromatic heterocycles. The predicted molar refractivity (Wildman–Crippen MR) is 70.7 cm³/mol. The molecule has 3 N–H and O–H groups in total. The Kier molecular flexibility index (Phi) is 3.15. The van der Waals surface area contributed by atoms with Crippen LogP contribution in [0.2, 0.25) is 5.02 Å². The summed E-state index contributed by atoms with van der Waals surface area (Å²) in [5.41, 5.74) is 8.31. The smallest absolute Gasteiger partial charge is 0.222 e. The largest absolute Gasteiger partial charge is 0.368 e. The Morgan fingerprint density at radius 2 is 1.94 bits per heavy atom. The van der Waals surface area contributed by atoms with E-state index in [0.29, 0.717) is 10.8 Å². The standard InChI is InChI=1S/C12H13ClN4/c1-7-3-4-9(6-10(7)13)16-11-5-8(2)15-12(14)17-11/h3-6H,1-2H3,(H3,14,15,16,17). The molecule has 2 aromatic rings. The lowest BCUT2D eigenvalue weighted by atomic mass is 10.2. The van der Waals surface area contributed by atoms with Crippen molar-refractivity contribution in [2.24, 2.45) is 0 Å². The lowest BCUT2D eigenvalue weighted by Crippen LogP contribution is -2.01. The van der Waals surface area contributed by atoms with Gasteiger partial charge in [0.05, 0.1) is 0 Å². The van der Waals surface area contributed by atoms with Gasteiger partial charge in [-0.1, -0.05) is 17.7 Å². The average Bonchev–Trinajstić information content (AvgIpc) is 2.22. The van der Waals surface area contributed by atoms with Crippen LogP contribution in [0.15, 0.2) is 24.3 Å². The number of nitrogens with two attached hydrogens (primary N) is 1. The van der Waals surface area contributed by atoms with Gasteiger partial charge in [-0.2, -0.15) is 4.98 Å². The zero-order valence-electron chi connectivity index (χ0n) is 9.66. The minimum absolute atomic E-state index is 0.255. The number of nitrogens with one attached hydrogen (secondary N) is 1. The van der Waals surface area contributed by atoms with Gasteiger partial charge in [0.15, 0.2) is 0 Å². The number of hydrogen-bond donors (Lipinski definition) is 2. The van der Waals surface area contributed by atoms with Gasteiger partial charge < -0.3 is 11.1 Å². The minimum atomic E-state index is 0.255. The molecule has 0 bridgehead atoms. The van der Waals surface area contributed by atoms with E-state index in [-0.39, 0.29) is 5.95 Å². The summed E-state index contributed by atoms with van der Waals surface area (Å²) in [7, 11) is 0. The molecule has 0 fully saturated rings. The average molecular weight is 249 g/mol. The van der Waals surface area contributed by atoms with Crippen LogP contribution in [0.3, 0.4) is 0 Å². The highest BCUT2D eigenvalue weighted by Gasteiger charge is 2.01. The molecule has 88 valence electrons. The Bertz CT molecular complexity index is 534. The normalized spacial score (nSPS) is 10.3. The quantitative estimate of drug-likeness (QED) is 0.857. The summed E-state index contributed by atoms with van der Waals surface area (Å²) in [4.78, 5) is 8.10. The number of nitrogen functional groups attached to an aromatic ring is 1. The molecule has 1 aromatic carbocycles. The van der Waals surface area contributed by atoms with Crippen molar-refractivity contribution in [1.82, 2.24) is 9.97 Å². The van der Waals surface area contributed by atoms with Gasteiger partial charge in [0, 0.05) is 22.5 Å². The summed E-state index contributed by atoms with van der Waals surface area (Å²) in [5.74, 6) is 0.917. The molecule has 0 saturated heterocycles. The molecule has 0 unspecified atom stereocenters. The third-order valence-electron chi connectivity index (χ3n) is 2.32. The number of rotatable bonds is 2. The summed E-state index contributed by atoms with van der Waals surface area (Å²) < 4.78 is 0. The first-order valence-corrected chi connectivity index (χ1v) is 5.57. The third kappa shape index (κ3) is 2.85. The van der Waals surface area contributed by atoms with E-state index in [0.717, 1.165) is 16.9 Å². The molecular weight excluding hydrogens is 236 g/mol. The van der Waals surface area contributed by atoms with Crippen molar-refractivity contribution in [2.45, 2.75) is 13.8 Å². The highest BCUT2D eigenvalue weighted by Crippen LogP contribution is 2.22. The third-order valence-corrected chi connectivity index (χ3v) is 2.72. The number of hydrogen-bond acceptors (Lipinski definition) is 4. The summed E-state index contributed by atoms with van der Waals surface area (Å²) >= 11 is 6.05. The number of nitrogens with zero attached hydrogens (tertiary/aromatic N) is 2. The number of anilines is 3. The van der Waals surface area contributed by atoms with E-state index in [2.05, 4.69) is 15.3 Å². The number of halogens is 1. The molecule has 0 radical (unpaired) electrons. The van der Waals surface area contributed by atoms with Gasteiger partial charge in [0.25, 0.3) is 0 Å². The summed E-state index contributed by atoms with van der Waals surface area (Å²) in [6, 6.07) is 7.56. The predicted octanol–water partition coefficient (Wildman–Crippen LogP) is 3.07. The van der Waals surface area contributed by atoms with Gasteiger partial charge in [0.2, 0.25) is 5.95 Å². The van der Waals surface area contributed by atoms with Crippen molar-refractivity contribution in [3.05, 3.63) is 40.5 Å². The molecule has 0 aliphatic rings. The summed E-state index contributed by atoms with van der Waals surface area (Å²) in [6.45, 7) is 3.82. The van der Waals surface area contributed by atoms with E-state index in [9.17, 15) is 0 Å². The van der Waals surface area contributed by atoms with Gasteiger partial charge in [-0.25, -0.2) is 4.98 Å². The Hall–Kier alpha value is -1.81. The van der Waals surface area contributed by atoms with E-state index < -0.39 is 0 Å². The summed E-state index contributed by atoms with van der Waals surface area (Å²) in [6.07, 6.45) is 0. The molecule has 5 heteroatoms. The van der Waals surface area contributed by atoms with E-state index in [1.165, 1.54) is 0 Å². The Balaban J connectivity index is 2.28. The topological polar surface area (TPSA) is 63.8 Å². The van der Waals surface area contributed by atoms with Crippen LogP contribution >= 0.6 is 11.6 Å². The minimum Gasteiger partial charge on any atom is -0.368 e. The molecule has 0 atom stereocenters. The fourth-order valence-corrected chi connectivity index (χ4v) is 1.65. The van der Waals surface area contributed by atoms with Gasteiger partial charge in [0.1, 0.15) is 5.82 Å². The first kappa shape index (κ1) is 11.7. The zero-order valence-corrected chi connectivity index (χ0v) is 10.4. The van der Waals surface area contributed by atoms with Gasteiger partial charge in [-0.05, 0) is 31.5 Å². The van der Waals surface area contributed by atoms with Gasteiger partial charge >= 0.3 is 0 Å². The van der Waals surface area contributed by atoms with Crippen molar-refractivity contribution in [3.63, 3.8) is 0 Å². The van der Waals surface area contributed by atoms with Gasteiger partial charge in [-0.15, -0.1) is 0 Å². The molecule has 0 saturated carbocycles. The van der Waals surface area contributed by atoms with E-state index in [1.807, 2.05) is 38.1 Å². The molecule has 1 heterocycles. The maximum absolute atomic E-state index is 6.05.